The van der Waals surface area contributed by atoms with Crippen molar-refractivity contribution in [1.29, 1.82) is 0 Å². The molecule has 22 heavy (non-hydrogen) atoms. The van der Waals surface area contributed by atoms with Crippen LogP contribution in [-0.4, -0.2) is 27.8 Å². The Bertz CT molecular complexity index is 575. The molecule has 2 N–H and O–H groups in total. The predicted octanol–water partition coefficient (Wildman–Crippen LogP) is 2.30. The number of amides is 1. The molecule has 5 nitrogen and oxygen atoms in total. The SMILES string of the molecule is Cn1cc(NC(=O)C2CNC3(CCCC3)C2)c(C(F)(F)F)n1. The van der Waals surface area contributed by atoms with Gasteiger partial charge >= 0.3 is 6.18 Å². The van der Waals surface area contributed by atoms with Crippen molar-refractivity contribution in [2.75, 3.05) is 11.9 Å². The van der Waals surface area contributed by atoms with Gasteiger partial charge in [0.25, 0.3) is 0 Å². The molecule has 1 unspecified atom stereocenters. The van der Waals surface area contributed by atoms with Gasteiger partial charge in [-0.15, -0.1) is 0 Å². The number of carbonyl (C=O) groups excluding carboxylic acids is 1. The number of nitrogens with zero attached hydrogens (tertiary/aromatic N) is 2. The van der Waals surface area contributed by atoms with Crippen molar-refractivity contribution < 1.29 is 18.0 Å². The summed E-state index contributed by atoms with van der Waals surface area (Å²) in [6.45, 7) is 0.521. The van der Waals surface area contributed by atoms with Crippen LogP contribution in [0.15, 0.2) is 6.20 Å². The van der Waals surface area contributed by atoms with Crippen LogP contribution < -0.4 is 10.6 Å². The summed E-state index contributed by atoms with van der Waals surface area (Å²) in [7, 11) is 1.40. The molecule has 2 fully saturated rings. The van der Waals surface area contributed by atoms with Gasteiger partial charge in [0.1, 0.15) is 0 Å². The van der Waals surface area contributed by atoms with Crippen molar-refractivity contribution in [1.82, 2.24) is 15.1 Å². The van der Waals surface area contributed by atoms with E-state index in [1.165, 1.54) is 13.2 Å². The highest BCUT2D eigenvalue weighted by atomic mass is 19.4. The lowest BCUT2D eigenvalue weighted by atomic mass is 9.91. The summed E-state index contributed by atoms with van der Waals surface area (Å²) in [5.74, 6) is -0.658. The van der Waals surface area contributed by atoms with Crippen molar-refractivity contribution in [2.24, 2.45) is 13.0 Å². The van der Waals surface area contributed by atoms with Crippen molar-refractivity contribution in [3.63, 3.8) is 0 Å². The molecule has 2 aliphatic rings. The molecule has 1 saturated heterocycles. The van der Waals surface area contributed by atoms with Crippen molar-refractivity contribution in [3.05, 3.63) is 11.9 Å². The number of hydrogen-bond donors (Lipinski definition) is 2. The lowest BCUT2D eigenvalue weighted by molar-refractivity contribution is -0.140. The zero-order valence-corrected chi connectivity index (χ0v) is 12.3. The molecule has 1 aliphatic carbocycles. The lowest BCUT2D eigenvalue weighted by Crippen LogP contribution is -2.35. The average Bonchev–Trinajstić information content (AvgIpc) is 3.11. The second-order valence-electron chi connectivity index (χ2n) is 6.32. The third kappa shape index (κ3) is 2.84. The molecule has 0 aromatic carbocycles. The van der Waals surface area contributed by atoms with E-state index in [-0.39, 0.29) is 23.1 Å². The third-order valence-electron chi connectivity index (χ3n) is 4.65. The number of nitrogens with one attached hydrogen (secondary N) is 2. The molecule has 3 rings (SSSR count). The van der Waals surface area contributed by atoms with Gasteiger partial charge in [-0.2, -0.15) is 18.3 Å². The molecule has 1 spiro atoms. The maximum absolute atomic E-state index is 12.9. The van der Waals surface area contributed by atoms with E-state index in [0.717, 1.165) is 30.4 Å². The predicted molar refractivity (Wildman–Crippen MR) is 74.1 cm³/mol. The van der Waals surface area contributed by atoms with Crippen LogP contribution in [0.1, 0.15) is 37.8 Å². The van der Waals surface area contributed by atoms with Crippen LogP contribution in [0.25, 0.3) is 0 Å². The molecule has 122 valence electrons. The molecular formula is C14H19F3N4O. The zero-order valence-electron chi connectivity index (χ0n) is 12.3. The molecule has 1 saturated carbocycles. The fourth-order valence-electron chi connectivity index (χ4n) is 3.60. The second-order valence-corrected chi connectivity index (χ2v) is 6.32. The van der Waals surface area contributed by atoms with Crippen LogP contribution in [0.5, 0.6) is 0 Å². The molecule has 1 aromatic heterocycles. The van der Waals surface area contributed by atoms with Gasteiger partial charge in [-0.25, -0.2) is 0 Å². The van der Waals surface area contributed by atoms with Crippen LogP contribution in [0, 0.1) is 5.92 Å². The summed E-state index contributed by atoms with van der Waals surface area (Å²) < 4.78 is 39.7. The van der Waals surface area contributed by atoms with Gasteiger partial charge in [0.2, 0.25) is 5.91 Å². The van der Waals surface area contributed by atoms with Crippen molar-refractivity contribution >= 4 is 11.6 Å². The molecule has 1 aliphatic heterocycles. The van der Waals surface area contributed by atoms with Gasteiger partial charge in [0.15, 0.2) is 5.69 Å². The van der Waals surface area contributed by atoms with Gasteiger partial charge in [0, 0.05) is 25.3 Å². The maximum Gasteiger partial charge on any atom is 0.437 e. The number of anilines is 1. The van der Waals surface area contributed by atoms with E-state index in [0.29, 0.717) is 13.0 Å². The van der Waals surface area contributed by atoms with Crippen molar-refractivity contribution in [3.8, 4) is 0 Å². The largest absolute Gasteiger partial charge is 0.437 e. The molecule has 0 radical (unpaired) electrons. The fraction of sp³-hybridized carbons (Fsp3) is 0.714. The van der Waals surface area contributed by atoms with Gasteiger partial charge in [-0.3, -0.25) is 9.48 Å². The van der Waals surface area contributed by atoms with Crippen molar-refractivity contribution in [2.45, 2.75) is 43.8 Å². The van der Waals surface area contributed by atoms with E-state index in [9.17, 15) is 18.0 Å². The zero-order chi connectivity index (χ0) is 16.0. The Morgan fingerprint density at radius 1 is 1.45 bits per heavy atom. The lowest BCUT2D eigenvalue weighted by Gasteiger charge is -2.22. The number of carbonyl (C=O) groups is 1. The fourth-order valence-corrected chi connectivity index (χ4v) is 3.60. The van der Waals surface area contributed by atoms with E-state index in [2.05, 4.69) is 15.7 Å². The number of alkyl halides is 3. The van der Waals surface area contributed by atoms with Crippen LogP contribution >= 0.6 is 0 Å². The molecular weight excluding hydrogens is 297 g/mol. The summed E-state index contributed by atoms with van der Waals surface area (Å²) >= 11 is 0. The smallest absolute Gasteiger partial charge is 0.323 e. The average molecular weight is 316 g/mol. The highest BCUT2D eigenvalue weighted by Gasteiger charge is 2.44. The Labute approximate surface area is 126 Å². The standard InChI is InChI=1S/C14H19F3N4O/c1-21-8-10(11(20-21)14(15,16)17)19-12(22)9-6-13(18-7-9)4-2-3-5-13/h8-9,18H,2-7H2,1H3,(H,19,22). The molecule has 2 heterocycles. The van der Waals surface area contributed by atoms with Gasteiger partial charge in [-0.1, -0.05) is 12.8 Å². The Hall–Kier alpha value is -1.57. The monoisotopic (exact) mass is 316 g/mol. The Balaban J connectivity index is 1.70. The Kier molecular flexibility index (Phi) is 3.66. The summed E-state index contributed by atoms with van der Waals surface area (Å²) in [5, 5.41) is 9.19. The van der Waals surface area contributed by atoms with E-state index >= 15 is 0 Å². The number of halogens is 3. The summed E-state index contributed by atoms with van der Waals surface area (Å²) in [6.07, 6.45) is 1.67. The number of aryl methyl sites for hydroxylation is 1. The first-order valence-electron chi connectivity index (χ1n) is 7.46. The highest BCUT2D eigenvalue weighted by molar-refractivity contribution is 5.93. The first kappa shape index (κ1) is 15.3. The molecule has 1 amide bonds. The first-order chi connectivity index (χ1) is 10.3. The molecule has 1 atom stereocenters. The Morgan fingerprint density at radius 3 is 2.77 bits per heavy atom. The van der Waals surface area contributed by atoms with E-state index in [4.69, 9.17) is 0 Å². The van der Waals surface area contributed by atoms with Gasteiger partial charge in [0.05, 0.1) is 11.6 Å². The number of hydrogen-bond acceptors (Lipinski definition) is 3. The maximum atomic E-state index is 12.9. The minimum Gasteiger partial charge on any atom is -0.323 e. The third-order valence-corrected chi connectivity index (χ3v) is 4.65. The van der Waals surface area contributed by atoms with Crippen LogP contribution in [-0.2, 0) is 18.0 Å². The highest BCUT2D eigenvalue weighted by Crippen LogP contribution is 2.39. The minimum absolute atomic E-state index is 0.0177. The Morgan fingerprint density at radius 2 is 2.14 bits per heavy atom. The van der Waals surface area contributed by atoms with Gasteiger partial charge < -0.3 is 10.6 Å². The molecule has 0 bridgehead atoms. The first-order valence-corrected chi connectivity index (χ1v) is 7.46. The van der Waals surface area contributed by atoms with Crippen LogP contribution in [0.4, 0.5) is 18.9 Å². The topological polar surface area (TPSA) is 59.0 Å². The van der Waals surface area contributed by atoms with Gasteiger partial charge in [-0.05, 0) is 19.3 Å². The summed E-state index contributed by atoms with van der Waals surface area (Å²) in [4.78, 5) is 12.3. The van der Waals surface area contributed by atoms with Crippen LogP contribution in [0.3, 0.4) is 0 Å². The summed E-state index contributed by atoms with van der Waals surface area (Å²) in [5.41, 5.74) is -1.30. The number of rotatable bonds is 2. The normalized spacial score (nSPS) is 24.1. The number of aromatic nitrogens is 2. The quantitative estimate of drug-likeness (QED) is 0.880. The van der Waals surface area contributed by atoms with E-state index in [1.54, 1.807) is 0 Å². The summed E-state index contributed by atoms with van der Waals surface area (Å²) in [6, 6.07) is 0. The molecule has 1 aromatic rings. The van der Waals surface area contributed by atoms with E-state index in [1.807, 2.05) is 0 Å². The second kappa shape index (κ2) is 5.26. The minimum atomic E-state index is -4.58. The van der Waals surface area contributed by atoms with Crippen LogP contribution in [0.2, 0.25) is 0 Å². The molecule has 8 heteroatoms. The van der Waals surface area contributed by atoms with E-state index < -0.39 is 11.9 Å².